The molecule has 0 unspecified atom stereocenters. The van der Waals surface area contributed by atoms with E-state index in [1.54, 1.807) is 61.8 Å². The lowest BCUT2D eigenvalue weighted by Gasteiger charge is -2.42. The van der Waals surface area contributed by atoms with Crippen LogP contribution in [0, 0.1) is 57.6 Å². The standard InChI is InChI=1S/C70H100I3N3O17/c1-38-22-16-15-17-23-39(2)53(88-13)36-49-27-25-44(7)70(87,93-49)64(82)65(83)76-30-20-18-24-50(76)66(84)91-54(37-51(79)40(3)33-43(6)63(81)45(8)62(80)42(5)32-38)41(4)34-48-26-28-52(55(35-48)89-14)92-68(86)69(11,12)29-19-21-31-90-67(85)56-57(71)60(74-46(9)77)59(73)61(58(56)72)75-47(10)78/h15-17,22-23,33,38,40-42,44-45,48-50,52-55,63,81,87H,18-21,24-32,34-37H2,1-14H3,(H,74,77)(H,75,78)/b17-15?,22-16+,39-23?,43-33+/t38-,40-,41-,42-,44-,45+,48+,49+,50+,52-,53+,54+,55-,63-,70-/m1/s1. The summed E-state index contributed by atoms with van der Waals surface area (Å²) in [6.45, 7) is 20.8. The van der Waals surface area contributed by atoms with E-state index in [4.69, 9.17) is 28.4 Å². The Labute approximate surface area is 590 Å². The molecule has 518 valence electrons. The maximum Gasteiger partial charge on any atom is 0.340 e. The van der Waals surface area contributed by atoms with E-state index in [0.717, 1.165) is 5.57 Å². The number of hydrogen-bond acceptors (Lipinski definition) is 17. The third-order valence-electron chi connectivity index (χ3n) is 18.9. The van der Waals surface area contributed by atoms with Gasteiger partial charge in [0.1, 0.15) is 29.8 Å². The van der Waals surface area contributed by atoms with Crippen molar-refractivity contribution in [1.82, 2.24) is 4.90 Å². The number of halogens is 3. The predicted molar refractivity (Wildman–Crippen MR) is 378 cm³/mol. The van der Waals surface area contributed by atoms with Crippen LogP contribution in [0.5, 0.6) is 0 Å². The summed E-state index contributed by atoms with van der Waals surface area (Å²) in [5.41, 5.74) is 1.37. The van der Waals surface area contributed by atoms with Gasteiger partial charge in [-0.2, -0.15) is 0 Å². The van der Waals surface area contributed by atoms with Crippen LogP contribution in [0.1, 0.15) is 190 Å². The average molecular weight is 1640 g/mol. The van der Waals surface area contributed by atoms with Crippen molar-refractivity contribution in [2.24, 2.45) is 46.8 Å². The minimum Gasteiger partial charge on any atom is -0.462 e. The lowest BCUT2D eigenvalue weighted by molar-refractivity contribution is -0.265. The predicted octanol–water partition coefficient (Wildman–Crippen LogP) is 12.1. The summed E-state index contributed by atoms with van der Waals surface area (Å²) in [5.74, 6) is -10.7. The summed E-state index contributed by atoms with van der Waals surface area (Å²) < 4.78 is 37.9. The van der Waals surface area contributed by atoms with Crippen molar-refractivity contribution in [3.05, 3.63) is 63.9 Å². The number of ether oxygens (including phenoxy) is 6. The first-order valence-corrected chi connectivity index (χ1v) is 36.0. The summed E-state index contributed by atoms with van der Waals surface area (Å²) in [5, 5.41) is 29.2. The Hall–Kier alpha value is -4.00. The van der Waals surface area contributed by atoms with Gasteiger partial charge in [0.2, 0.25) is 17.6 Å². The van der Waals surface area contributed by atoms with Crippen LogP contribution in [-0.4, -0.2) is 144 Å². The number of cyclic esters (lactones) is 1. The fraction of sp³-hybridized carbons (Fsp3) is 0.671. The number of benzene rings is 1. The number of esters is 3. The molecule has 5 rings (SSSR count). The van der Waals surface area contributed by atoms with Gasteiger partial charge in [0.25, 0.3) is 11.7 Å². The number of allylic oxidation sites excluding steroid dienone is 6. The number of ketones is 3. The summed E-state index contributed by atoms with van der Waals surface area (Å²) in [4.78, 5) is 125. The maximum atomic E-state index is 14.8. The van der Waals surface area contributed by atoms with E-state index in [0.29, 0.717) is 105 Å². The highest BCUT2D eigenvalue weighted by molar-refractivity contribution is 14.1. The Kier molecular flexibility index (Phi) is 31.3. The van der Waals surface area contributed by atoms with Crippen molar-refractivity contribution < 1.29 is 81.8 Å². The molecule has 2 saturated heterocycles. The van der Waals surface area contributed by atoms with Crippen molar-refractivity contribution in [3.8, 4) is 0 Å². The number of anilines is 2. The second kappa shape index (κ2) is 36.5. The molecule has 1 aromatic carbocycles. The van der Waals surface area contributed by atoms with Crippen molar-refractivity contribution in [3.63, 3.8) is 0 Å². The number of piperidine rings is 1. The quantitative estimate of drug-likeness (QED) is 0.0317. The summed E-state index contributed by atoms with van der Waals surface area (Å²) in [7, 11) is 3.13. The molecule has 3 aliphatic heterocycles. The molecule has 0 spiro atoms. The van der Waals surface area contributed by atoms with Crippen LogP contribution in [0.4, 0.5) is 11.4 Å². The van der Waals surface area contributed by atoms with Gasteiger partial charge in [0.15, 0.2) is 0 Å². The van der Waals surface area contributed by atoms with E-state index in [-0.39, 0.29) is 79.1 Å². The molecule has 1 saturated carbocycles. The minimum absolute atomic E-state index is 0.0300. The largest absolute Gasteiger partial charge is 0.462 e. The molecule has 1 aromatic rings. The van der Waals surface area contributed by atoms with E-state index >= 15 is 0 Å². The van der Waals surface area contributed by atoms with E-state index in [1.807, 2.05) is 126 Å². The SMILES string of the molecule is CO[C@H]1C[C@@H]2CC[C@@H](C)[C@@](O)(O2)C(=O)C(=O)N2CCCC[C@H]2C(=O)O[C@H]([C@H](C)C[C@@H]2CC[C@@H](OC(=O)C(C)(C)CCCCOC(=O)c3c(I)c(NC(C)=O)c(I)c(NC(C)=O)c3I)[C@H](OC)C2)CC(=O)[C@H](C)/C=C(\C)[C@@H](O)[C@@H](C)C(=O)[C@H](C)C[C@H](C)/C=C/C=CC=C1C. The fourth-order valence-corrected chi connectivity index (χ4v) is 17.2. The molecule has 0 aromatic heterocycles. The number of carbonyl (C=O) groups is 9. The molecule has 93 heavy (non-hydrogen) atoms. The Morgan fingerprint density at radius 2 is 1.46 bits per heavy atom. The fourth-order valence-electron chi connectivity index (χ4n) is 13.0. The molecule has 4 aliphatic rings. The molecule has 1 aliphatic carbocycles. The van der Waals surface area contributed by atoms with Gasteiger partial charge < -0.3 is 54.2 Å². The van der Waals surface area contributed by atoms with Gasteiger partial charge in [-0.25, -0.2) is 9.59 Å². The molecule has 15 atom stereocenters. The maximum absolute atomic E-state index is 14.8. The Bertz CT molecular complexity index is 2950. The molecular weight excluding hydrogens is 1540 g/mol. The van der Waals surface area contributed by atoms with E-state index < -0.39 is 107 Å². The normalized spacial score (nSPS) is 30.8. The van der Waals surface area contributed by atoms with Gasteiger partial charge in [-0.15, -0.1) is 0 Å². The molecule has 3 amide bonds. The number of aliphatic hydroxyl groups is 2. The second-order valence-electron chi connectivity index (χ2n) is 27.0. The number of aliphatic hydroxyl groups excluding tert-OH is 1. The molecule has 2 bridgehead atoms. The molecule has 4 N–H and O–H groups in total. The number of rotatable bonds is 15. The molecule has 3 heterocycles. The van der Waals surface area contributed by atoms with Crippen LogP contribution < -0.4 is 10.6 Å². The molecule has 20 nitrogen and oxygen atoms in total. The van der Waals surface area contributed by atoms with E-state index in [9.17, 15) is 53.4 Å². The molecule has 0 radical (unpaired) electrons. The zero-order valence-corrected chi connectivity index (χ0v) is 63.1. The van der Waals surface area contributed by atoms with Gasteiger partial charge in [-0.3, -0.25) is 33.6 Å². The van der Waals surface area contributed by atoms with Crippen molar-refractivity contribution in [2.75, 3.05) is 38.0 Å². The number of unbranched alkanes of at least 4 members (excludes halogenated alkanes) is 1. The van der Waals surface area contributed by atoms with Crippen molar-refractivity contribution in [2.45, 2.75) is 228 Å². The van der Waals surface area contributed by atoms with Gasteiger partial charge in [0, 0.05) is 71.1 Å². The Morgan fingerprint density at radius 3 is 2.09 bits per heavy atom. The summed E-state index contributed by atoms with van der Waals surface area (Å²) in [6.07, 6.45) is 13.0. The number of hydrogen-bond donors (Lipinski definition) is 4. The number of nitrogens with one attached hydrogen (secondary N) is 2. The highest BCUT2D eigenvalue weighted by Gasteiger charge is 2.53. The highest BCUT2D eigenvalue weighted by atomic mass is 127. The monoisotopic (exact) mass is 1640 g/mol. The highest BCUT2D eigenvalue weighted by Crippen LogP contribution is 2.42. The number of nitrogens with zero attached hydrogens (tertiary/aromatic N) is 1. The lowest BCUT2D eigenvalue weighted by atomic mass is 9.78. The van der Waals surface area contributed by atoms with Crippen LogP contribution in [0.15, 0.2) is 47.6 Å². The number of carbonyl (C=O) groups excluding carboxylic acids is 9. The zero-order chi connectivity index (χ0) is 69.4. The number of methoxy groups -OCH3 is 2. The number of amides is 3. The topological polar surface area (TPSA) is 277 Å². The van der Waals surface area contributed by atoms with E-state index in [1.165, 1.54) is 18.7 Å². The third-order valence-corrected chi connectivity index (χ3v) is 22.2. The van der Waals surface area contributed by atoms with Gasteiger partial charge in [0.05, 0.1) is 64.1 Å². The molecule has 3 fully saturated rings. The van der Waals surface area contributed by atoms with E-state index in [2.05, 4.69) is 10.6 Å². The van der Waals surface area contributed by atoms with Crippen LogP contribution in [-0.2, 0) is 66.8 Å². The minimum atomic E-state index is -2.48. The van der Waals surface area contributed by atoms with Gasteiger partial charge >= 0.3 is 17.9 Å². The summed E-state index contributed by atoms with van der Waals surface area (Å²) >= 11 is 5.98. The Morgan fingerprint density at radius 1 is 0.806 bits per heavy atom. The lowest BCUT2D eigenvalue weighted by Crippen LogP contribution is -2.61. The van der Waals surface area contributed by atoms with Crippen LogP contribution in [0.3, 0.4) is 0 Å². The first-order valence-electron chi connectivity index (χ1n) is 32.8. The molecule has 23 heteroatoms. The zero-order valence-electron chi connectivity index (χ0n) is 56.7. The summed E-state index contributed by atoms with van der Waals surface area (Å²) in [6, 6.07) is -1.21. The molecular formula is C70H100I3N3O17. The van der Waals surface area contributed by atoms with Crippen molar-refractivity contribution >= 4 is 132 Å². The number of fused-ring (bicyclic) bond motifs is 3. The smallest absolute Gasteiger partial charge is 0.340 e. The Balaban J connectivity index is 1.32. The van der Waals surface area contributed by atoms with Gasteiger partial charge in [-0.05, 0) is 208 Å². The average Bonchev–Trinajstić information content (AvgIpc) is 0.790. The second-order valence-corrected chi connectivity index (χ2v) is 30.2. The van der Waals surface area contributed by atoms with Crippen LogP contribution in [0.25, 0.3) is 0 Å². The van der Waals surface area contributed by atoms with Gasteiger partial charge in [-0.1, -0.05) is 78.0 Å². The van der Waals surface area contributed by atoms with Crippen LogP contribution >= 0.6 is 67.8 Å². The van der Waals surface area contributed by atoms with Crippen molar-refractivity contribution in [1.29, 1.82) is 0 Å². The third kappa shape index (κ3) is 21.7. The number of Topliss-reactive ketones (excluding diaryl/α,β-unsaturated/α-hetero) is 3. The van der Waals surface area contributed by atoms with Crippen LogP contribution in [0.2, 0.25) is 0 Å². The first-order chi connectivity index (χ1) is 43.7. The first kappa shape index (κ1) is 79.7.